The maximum atomic E-state index is 12.7. The third-order valence-corrected chi connectivity index (χ3v) is 5.95. The minimum atomic E-state index is -1.19. The van der Waals surface area contributed by atoms with Crippen LogP contribution in [0, 0.1) is 5.92 Å². The first-order valence-electron chi connectivity index (χ1n) is 9.27. The van der Waals surface area contributed by atoms with E-state index in [1.807, 2.05) is 31.2 Å². The van der Waals surface area contributed by atoms with Crippen molar-refractivity contribution in [3.05, 3.63) is 48.1 Å². The van der Waals surface area contributed by atoms with Crippen LogP contribution in [-0.2, 0) is 19.0 Å². The SMILES string of the molecule is C=CCC1=C[C@@]2(OC)[C@@H](C)[C@@H](c3ccc(OC)c(OC)c3)O[C@@]2(OC)CC1=O. The van der Waals surface area contributed by atoms with E-state index in [9.17, 15) is 4.79 Å². The third kappa shape index (κ3) is 2.87. The number of methoxy groups -OCH3 is 4. The molecule has 0 aromatic heterocycles. The molecular weight excluding hydrogens is 360 g/mol. The standard InChI is InChI=1S/C22H28O6/c1-7-8-16-12-21(26-5)14(2)20(28-22(21,27-6)13-17(16)23)15-9-10-18(24-3)19(11-15)25-4/h7,9-12,14,20H,1,8,13H2,2-6H3/t14-,20-,21+,22-/m0/s1. The highest BCUT2D eigenvalue weighted by Crippen LogP contribution is 2.57. The van der Waals surface area contributed by atoms with Gasteiger partial charge in [-0.15, -0.1) is 6.58 Å². The first-order chi connectivity index (χ1) is 13.4. The molecule has 1 saturated heterocycles. The molecule has 0 spiro atoms. The summed E-state index contributed by atoms with van der Waals surface area (Å²) in [7, 11) is 6.37. The Balaban J connectivity index is 2.10. The highest BCUT2D eigenvalue weighted by molar-refractivity contribution is 5.97. The summed E-state index contributed by atoms with van der Waals surface area (Å²) in [5.41, 5.74) is 0.678. The number of allylic oxidation sites excluding steroid dienone is 2. The summed E-state index contributed by atoms with van der Waals surface area (Å²) in [5, 5.41) is 0. The fourth-order valence-corrected chi connectivity index (χ4v) is 4.45. The van der Waals surface area contributed by atoms with Gasteiger partial charge in [0.1, 0.15) is 5.60 Å². The van der Waals surface area contributed by atoms with Gasteiger partial charge in [0, 0.05) is 20.1 Å². The minimum absolute atomic E-state index is 0.0189. The lowest BCUT2D eigenvalue weighted by Gasteiger charge is -2.44. The van der Waals surface area contributed by atoms with Crippen LogP contribution in [0.3, 0.4) is 0 Å². The summed E-state index contributed by atoms with van der Waals surface area (Å²) < 4.78 is 29.0. The number of ether oxygens (including phenoxy) is 5. The van der Waals surface area contributed by atoms with Crippen LogP contribution >= 0.6 is 0 Å². The predicted molar refractivity (Wildman–Crippen MR) is 105 cm³/mol. The smallest absolute Gasteiger partial charge is 0.209 e. The molecule has 152 valence electrons. The molecule has 1 fully saturated rings. The second kappa shape index (κ2) is 7.70. The third-order valence-electron chi connectivity index (χ3n) is 5.95. The normalized spacial score (nSPS) is 31.9. The quantitative estimate of drug-likeness (QED) is 0.665. The summed E-state index contributed by atoms with van der Waals surface area (Å²) >= 11 is 0. The maximum Gasteiger partial charge on any atom is 0.209 e. The fraction of sp³-hybridized carbons (Fsp3) is 0.500. The number of carbonyl (C=O) groups excluding carboxylic acids is 1. The Morgan fingerprint density at radius 2 is 1.89 bits per heavy atom. The molecule has 1 aromatic carbocycles. The summed E-state index contributed by atoms with van der Waals surface area (Å²) in [6.45, 7) is 5.80. The second-order valence-corrected chi connectivity index (χ2v) is 7.16. The molecule has 1 aliphatic heterocycles. The highest BCUT2D eigenvalue weighted by atomic mass is 16.7. The monoisotopic (exact) mass is 388 g/mol. The second-order valence-electron chi connectivity index (χ2n) is 7.16. The van der Waals surface area contributed by atoms with Crippen LogP contribution in [0.2, 0.25) is 0 Å². The number of benzene rings is 1. The maximum absolute atomic E-state index is 12.7. The van der Waals surface area contributed by atoms with Crippen molar-refractivity contribution in [1.82, 2.24) is 0 Å². The van der Waals surface area contributed by atoms with Gasteiger partial charge in [0.05, 0.1) is 26.7 Å². The molecule has 0 saturated carbocycles. The molecule has 28 heavy (non-hydrogen) atoms. The minimum Gasteiger partial charge on any atom is -0.493 e. The molecule has 0 amide bonds. The van der Waals surface area contributed by atoms with Crippen molar-refractivity contribution in [3.63, 3.8) is 0 Å². The van der Waals surface area contributed by atoms with Crippen molar-refractivity contribution in [2.75, 3.05) is 28.4 Å². The van der Waals surface area contributed by atoms with Crippen molar-refractivity contribution in [2.45, 2.75) is 37.3 Å². The van der Waals surface area contributed by atoms with Crippen molar-refractivity contribution in [2.24, 2.45) is 5.92 Å². The molecule has 6 nitrogen and oxygen atoms in total. The van der Waals surface area contributed by atoms with E-state index in [2.05, 4.69) is 6.58 Å². The zero-order chi connectivity index (χ0) is 20.5. The zero-order valence-corrected chi connectivity index (χ0v) is 17.1. The summed E-state index contributed by atoms with van der Waals surface area (Å²) in [6.07, 6.45) is 3.81. The van der Waals surface area contributed by atoms with E-state index in [1.165, 1.54) is 0 Å². The number of hydrogen-bond donors (Lipinski definition) is 0. The van der Waals surface area contributed by atoms with Gasteiger partial charge in [-0.2, -0.15) is 0 Å². The first-order valence-corrected chi connectivity index (χ1v) is 9.27. The molecule has 2 aliphatic rings. The van der Waals surface area contributed by atoms with Crippen LogP contribution in [0.1, 0.15) is 31.4 Å². The number of ketones is 1. The Kier molecular flexibility index (Phi) is 5.66. The van der Waals surface area contributed by atoms with Crippen molar-refractivity contribution < 1.29 is 28.5 Å². The first kappa shape index (κ1) is 20.6. The van der Waals surface area contributed by atoms with Crippen LogP contribution in [0.5, 0.6) is 11.5 Å². The predicted octanol–water partition coefficient (Wildman–Crippen LogP) is 3.61. The van der Waals surface area contributed by atoms with E-state index in [0.29, 0.717) is 23.5 Å². The number of hydrogen-bond acceptors (Lipinski definition) is 6. The van der Waals surface area contributed by atoms with Gasteiger partial charge in [0.2, 0.25) is 5.79 Å². The topological polar surface area (TPSA) is 63.2 Å². The fourth-order valence-electron chi connectivity index (χ4n) is 4.45. The van der Waals surface area contributed by atoms with E-state index in [-0.39, 0.29) is 24.2 Å². The summed E-state index contributed by atoms with van der Waals surface area (Å²) in [5.74, 6) is -0.0815. The number of carbonyl (C=O) groups is 1. The van der Waals surface area contributed by atoms with Crippen LogP contribution in [0.15, 0.2) is 42.5 Å². The Hall–Kier alpha value is -2.15. The van der Waals surface area contributed by atoms with E-state index < -0.39 is 11.4 Å². The van der Waals surface area contributed by atoms with Crippen molar-refractivity contribution in [3.8, 4) is 11.5 Å². The molecule has 0 bridgehead atoms. The molecule has 6 heteroatoms. The Morgan fingerprint density at radius 1 is 1.18 bits per heavy atom. The molecule has 4 atom stereocenters. The molecular formula is C22H28O6. The molecule has 1 aromatic rings. The molecule has 0 radical (unpaired) electrons. The van der Waals surface area contributed by atoms with E-state index in [4.69, 9.17) is 23.7 Å². The average molecular weight is 388 g/mol. The lowest BCUT2D eigenvalue weighted by atomic mass is 9.72. The van der Waals surface area contributed by atoms with Gasteiger partial charge in [-0.25, -0.2) is 0 Å². The van der Waals surface area contributed by atoms with Crippen molar-refractivity contribution in [1.29, 1.82) is 0 Å². The van der Waals surface area contributed by atoms with Gasteiger partial charge >= 0.3 is 0 Å². The number of rotatable bonds is 7. The molecule has 0 N–H and O–H groups in total. The van der Waals surface area contributed by atoms with Crippen LogP contribution in [-0.4, -0.2) is 45.6 Å². The Bertz CT molecular complexity index is 800. The Labute approximate surface area is 166 Å². The lowest BCUT2D eigenvalue weighted by Crippen LogP contribution is -2.58. The van der Waals surface area contributed by atoms with Gasteiger partial charge in [0.15, 0.2) is 17.3 Å². The van der Waals surface area contributed by atoms with E-state index >= 15 is 0 Å². The van der Waals surface area contributed by atoms with Gasteiger partial charge in [-0.3, -0.25) is 4.79 Å². The van der Waals surface area contributed by atoms with Crippen LogP contribution in [0.4, 0.5) is 0 Å². The largest absolute Gasteiger partial charge is 0.493 e. The van der Waals surface area contributed by atoms with Crippen LogP contribution in [0.25, 0.3) is 0 Å². The lowest BCUT2D eigenvalue weighted by molar-refractivity contribution is -0.274. The van der Waals surface area contributed by atoms with E-state index in [1.54, 1.807) is 34.5 Å². The van der Waals surface area contributed by atoms with Gasteiger partial charge < -0.3 is 23.7 Å². The summed E-state index contributed by atoms with van der Waals surface area (Å²) in [6, 6.07) is 5.66. The molecule has 3 rings (SSSR count). The zero-order valence-electron chi connectivity index (χ0n) is 17.1. The number of fused-ring (bicyclic) bond motifs is 1. The van der Waals surface area contributed by atoms with Gasteiger partial charge in [0.25, 0.3) is 0 Å². The van der Waals surface area contributed by atoms with Crippen molar-refractivity contribution >= 4 is 5.78 Å². The average Bonchev–Trinajstić information content (AvgIpc) is 2.97. The summed E-state index contributed by atoms with van der Waals surface area (Å²) in [4.78, 5) is 12.7. The van der Waals surface area contributed by atoms with Gasteiger partial charge in [-0.1, -0.05) is 19.1 Å². The highest BCUT2D eigenvalue weighted by Gasteiger charge is 2.67. The Morgan fingerprint density at radius 3 is 2.46 bits per heavy atom. The molecule has 1 heterocycles. The van der Waals surface area contributed by atoms with E-state index in [0.717, 1.165) is 5.56 Å². The van der Waals surface area contributed by atoms with Gasteiger partial charge in [-0.05, 0) is 35.8 Å². The van der Waals surface area contributed by atoms with Crippen LogP contribution < -0.4 is 9.47 Å². The molecule has 0 unspecified atom stereocenters. The number of Topliss-reactive ketones (excluding diaryl/α,β-unsaturated/α-hetero) is 1. The molecule has 1 aliphatic carbocycles.